The number of hydrogen-bond acceptors (Lipinski definition) is 5. The van der Waals surface area contributed by atoms with Crippen LogP contribution in [0.1, 0.15) is 11.1 Å². The molecule has 2 aromatic carbocycles. The molecule has 5 rings (SSSR count). The summed E-state index contributed by atoms with van der Waals surface area (Å²) in [5.74, 6) is 0.297. The highest BCUT2D eigenvalue weighted by atomic mass is 16.3. The van der Waals surface area contributed by atoms with Crippen molar-refractivity contribution < 1.29 is 5.11 Å². The molecule has 0 saturated carbocycles. The second kappa shape index (κ2) is 6.82. The Hall–Kier alpha value is -3.97. The molecule has 0 saturated heterocycles. The van der Waals surface area contributed by atoms with Crippen molar-refractivity contribution in [1.29, 1.82) is 0 Å². The highest BCUT2D eigenvalue weighted by Gasteiger charge is 2.17. The zero-order chi connectivity index (χ0) is 20.8. The number of aromatic amines is 1. The van der Waals surface area contributed by atoms with Gasteiger partial charge in [0, 0.05) is 46.8 Å². The number of rotatable bonds is 3. The maximum atomic E-state index is 13.2. The van der Waals surface area contributed by atoms with Crippen molar-refractivity contribution in [2.75, 3.05) is 5.73 Å². The van der Waals surface area contributed by atoms with E-state index < -0.39 is 0 Å². The van der Waals surface area contributed by atoms with E-state index in [0.29, 0.717) is 44.8 Å². The van der Waals surface area contributed by atoms with Crippen LogP contribution in [0.3, 0.4) is 0 Å². The average molecular weight is 397 g/mol. The molecular weight excluding hydrogens is 378 g/mol. The molecule has 7 nitrogen and oxygen atoms in total. The normalized spacial score (nSPS) is 11.4. The van der Waals surface area contributed by atoms with E-state index in [1.54, 1.807) is 23.0 Å². The van der Waals surface area contributed by atoms with Gasteiger partial charge in [-0.3, -0.25) is 4.79 Å². The molecule has 4 N–H and O–H groups in total. The molecule has 3 aromatic heterocycles. The molecule has 3 heterocycles. The summed E-state index contributed by atoms with van der Waals surface area (Å²) in [6.45, 7) is 1.73. The lowest BCUT2D eigenvalue weighted by atomic mass is 9.94. The van der Waals surface area contributed by atoms with Crippen LogP contribution in [-0.4, -0.2) is 24.5 Å². The van der Waals surface area contributed by atoms with Gasteiger partial charge in [0.15, 0.2) is 16.9 Å². The number of aliphatic hydroxyl groups excluding tert-OH is 1. The topological polar surface area (TPSA) is 109 Å². The molecule has 0 amide bonds. The molecule has 0 spiro atoms. The van der Waals surface area contributed by atoms with Gasteiger partial charge in [0.1, 0.15) is 0 Å². The van der Waals surface area contributed by atoms with Crippen LogP contribution < -0.4 is 11.2 Å². The van der Waals surface area contributed by atoms with Gasteiger partial charge in [-0.05, 0) is 35.7 Å². The number of nitrogens with zero attached hydrogens (tertiary/aromatic N) is 3. The van der Waals surface area contributed by atoms with Gasteiger partial charge in [-0.15, -0.1) is 0 Å². The first-order valence-corrected chi connectivity index (χ1v) is 9.51. The molecule has 7 heteroatoms. The molecule has 0 unspecified atom stereocenters. The van der Waals surface area contributed by atoms with Crippen LogP contribution in [0, 0.1) is 6.92 Å². The first-order valence-electron chi connectivity index (χ1n) is 9.51. The van der Waals surface area contributed by atoms with Crippen molar-refractivity contribution in [3.63, 3.8) is 0 Å². The van der Waals surface area contributed by atoms with Gasteiger partial charge in [0.25, 0.3) is 0 Å². The van der Waals surface area contributed by atoms with Gasteiger partial charge >= 0.3 is 0 Å². The number of H-pyrrole nitrogens is 1. The lowest BCUT2D eigenvalue weighted by molar-refractivity contribution is 0.283. The van der Waals surface area contributed by atoms with Crippen LogP contribution >= 0.6 is 0 Å². The fourth-order valence-electron chi connectivity index (χ4n) is 3.87. The predicted molar refractivity (Wildman–Crippen MR) is 117 cm³/mol. The van der Waals surface area contributed by atoms with Crippen molar-refractivity contribution in [1.82, 2.24) is 19.4 Å². The third-order valence-corrected chi connectivity index (χ3v) is 5.34. The van der Waals surface area contributed by atoms with E-state index in [9.17, 15) is 9.90 Å². The summed E-state index contributed by atoms with van der Waals surface area (Å²) < 4.78 is 1.79. The summed E-state index contributed by atoms with van der Waals surface area (Å²) >= 11 is 0. The lowest BCUT2D eigenvalue weighted by Crippen LogP contribution is -2.09. The zero-order valence-electron chi connectivity index (χ0n) is 16.3. The summed E-state index contributed by atoms with van der Waals surface area (Å²) in [6.07, 6.45) is 6.94. The van der Waals surface area contributed by atoms with Gasteiger partial charge in [0.2, 0.25) is 0 Å². The van der Waals surface area contributed by atoms with Crippen LogP contribution in [0.2, 0.25) is 0 Å². The van der Waals surface area contributed by atoms with Crippen molar-refractivity contribution >= 4 is 22.4 Å². The first-order chi connectivity index (χ1) is 14.6. The SMILES string of the molecule is Cc1ccc2c(=O)c(-c3cccc(-c4cn5ccnc5c(N)n4)c3CO)c[nH]c2c1. The van der Waals surface area contributed by atoms with Gasteiger partial charge in [0.05, 0.1) is 12.3 Å². The summed E-state index contributed by atoms with van der Waals surface area (Å²) in [7, 11) is 0. The Morgan fingerprint density at radius 2 is 2.00 bits per heavy atom. The summed E-state index contributed by atoms with van der Waals surface area (Å²) in [5.41, 5.74) is 11.5. The largest absolute Gasteiger partial charge is 0.392 e. The Kier molecular flexibility index (Phi) is 4.11. The lowest BCUT2D eigenvalue weighted by Gasteiger charge is -2.14. The Morgan fingerprint density at radius 1 is 1.17 bits per heavy atom. The number of hydrogen-bond donors (Lipinski definition) is 3. The molecule has 5 aromatic rings. The van der Waals surface area contributed by atoms with Crippen molar-refractivity contribution in [2.45, 2.75) is 13.5 Å². The van der Waals surface area contributed by atoms with E-state index in [1.165, 1.54) is 0 Å². The third kappa shape index (κ3) is 2.75. The number of anilines is 1. The zero-order valence-corrected chi connectivity index (χ0v) is 16.3. The number of benzene rings is 2. The Bertz CT molecular complexity index is 1480. The molecule has 0 atom stereocenters. The van der Waals surface area contributed by atoms with Crippen molar-refractivity contribution in [3.05, 3.63) is 82.5 Å². The number of aromatic nitrogens is 4. The number of nitrogens with one attached hydrogen (secondary N) is 1. The van der Waals surface area contributed by atoms with E-state index in [4.69, 9.17) is 5.73 Å². The van der Waals surface area contributed by atoms with E-state index in [1.807, 2.05) is 49.5 Å². The van der Waals surface area contributed by atoms with Gasteiger partial charge < -0.3 is 20.2 Å². The van der Waals surface area contributed by atoms with Crippen molar-refractivity contribution in [2.24, 2.45) is 0 Å². The number of fused-ring (bicyclic) bond motifs is 2. The summed E-state index contributed by atoms with van der Waals surface area (Å²) in [4.78, 5) is 25.1. The second-order valence-corrected chi connectivity index (χ2v) is 7.24. The smallest absolute Gasteiger partial charge is 0.197 e. The molecule has 148 valence electrons. The quantitative estimate of drug-likeness (QED) is 0.433. The molecule has 0 aliphatic carbocycles. The Morgan fingerprint density at radius 3 is 2.83 bits per heavy atom. The average Bonchev–Trinajstić information content (AvgIpc) is 3.23. The number of nitrogens with two attached hydrogens (primary N) is 1. The van der Waals surface area contributed by atoms with E-state index in [0.717, 1.165) is 11.1 Å². The van der Waals surface area contributed by atoms with E-state index in [2.05, 4.69) is 15.0 Å². The van der Waals surface area contributed by atoms with Crippen LogP contribution in [0.25, 0.3) is 38.9 Å². The maximum absolute atomic E-state index is 13.2. The van der Waals surface area contributed by atoms with E-state index >= 15 is 0 Å². The van der Waals surface area contributed by atoms with Gasteiger partial charge in [-0.1, -0.05) is 24.3 Å². The first kappa shape index (κ1) is 18.1. The predicted octanol–water partition coefficient (Wildman–Crippen LogP) is 3.29. The highest BCUT2D eigenvalue weighted by molar-refractivity contribution is 5.86. The van der Waals surface area contributed by atoms with Crippen LogP contribution in [0.5, 0.6) is 0 Å². The summed E-state index contributed by atoms with van der Waals surface area (Å²) in [5, 5.41) is 10.8. The standard InChI is InChI=1S/C23H19N5O2/c1-13-5-6-16-19(9-13)26-10-17(21(16)30)14-3-2-4-15(18(14)12-29)20-11-28-8-7-25-23(28)22(24)27-20/h2-11,29H,12H2,1H3,(H2,24,27)(H,26,30). The molecule has 0 aliphatic rings. The molecule has 0 radical (unpaired) electrons. The molecule has 0 aliphatic heterocycles. The summed E-state index contributed by atoms with van der Waals surface area (Å²) in [6, 6.07) is 11.2. The monoisotopic (exact) mass is 397 g/mol. The van der Waals surface area contributed by atoms with Gasteiger partial charge in [-0.2, -0.15) is 0 Å². The van der Waals surface area contributed by atoms with E-state index in [-0.39, 0.29) is 12.0 Å². The second-order valence-electron chi connectivity index (χ2n) is 7.24. The molecule has 0 fully saturated rings. The molecular formula is C23H19N5O2. The number of aryl methyl sites for hydroxylation is 1. The Labute approximate surface area is 171 Å². The third-order valence-electron chi connectivity index (χ3n) is 5.34. The van der Waals surface area contributed by atoms with Crippen LogP contribution in [-0.2, 0) is 6.61 Å². The Balaban J connectivity index is 1.75. The fourth-order valence-corrected chi connectivity index (χ4v) is 3.87. The minimum absolute atomic E-state index is 0.0897. The molecule has 30 heavy (non-hydrogen) atoms. The number of nitrogen functional groups attached to an aromatic ring is 1. The maximum Gasteiger partial charge on any atom is 0.197 e. The highest BCUT2D eigenvalue weighted by Crippen LogP contribution is 2.31. The van der Waals surface area contributed by atoms with Crippen LogP contribution in [0.15, 0.2) is 66.0 Å². The number of aliphatic hydroxyl groups is 1. The number of pyridine rings is 1. The number of imidazole rings is 1. The van der Waals surface area contributed by atoms with Crippen LogP contribution in [0.4, 0.5) is 5.82 Å². The molecule has 0 bridgehead atoms. The minimum atomic E-state index is -0.250. The minimum Gasteiger partial charge on any atom is -0.392 e. The fraction of sp³-hybridized carbons (Fsp3) is 0.0870. The van der Waals surface area contributed by atoms with Crippen molar-refractivity contribution in [3.8, 4) is 22.4 Å². The van der Waals surface area contributed by atoms with Gasteiger partial charge in [-0.25, -0.2) is 9.97 Å².